The lowest BCUT2D eigenvalue weighted by Gasteiger charge is -2.04. The summed E-state index contributed by atoms with van der Waals surface area (Å²) in [4.78, 5) is 4.47. The van der Waals surface area contributed by atoms with Gasteiger partial charge < -0.3 is 9.73 Å². The molecule has 2 aromatic heterocycles. The van der Waals surface area contributed by atoms with Crippen molar-refractivity contribution in [2.45, 2.75) is 13.8 Å². The quantitative estimate of drug-likeness (QED) is 0.860. The molecule has 0 saturated carbocycles. The molecule has 15 heavy (non-hydrogen) atoms. The minimum atomic E-state index is 0.631. The Morgan fingerprint density at radius 1 is 1.53 bits per heavy atom. The average molecular weight is 222 g/mol. The van der Waals surface area contributed by atoms with E-state index in [-0.39, 0.29) is 0 Å². The van der Waals surface area contributed by atoms with E-state index in [4.69, 9.17) is 4.42 Å². The predicted octanol–water partition coefficient (Wildman–Crippen LogP) is 3.47. The van der Waals surface area contributed by atoms with Gasteiger partial charge in [-0.3, -0.25) is 0 Å². The fourth-order valence-electron chi connectivity index (χ4n) is 1.19. The summed E-state index contributed by atoms with van der Waals surface area (Å²) < 4.78 is 5.02. The highest BCUT2D eigenvalue weighted by atomic mass is 32.1. The molecule has 0 atom stereocenters. The molecule has 2 aromatic rings. The van der Waals surface area contributed by atoms with Gasteiger partial charge in [0.15, 0.2) is 5.13 Å². The first-order chi connectivity index (χ1) is 7.25. The summed E-state index contributed by atoms with van der Waals surface area (Å²) in [7, 11) is 0. The molecule has 2 heterocycles. The lowest BCUT2D eigenvalue weighted by atomic mass is 10.2. The first kappa shape index (κ1) is 10.2. The Morgan fingerprint density at radius 3 is 3.07 bits per heavy atom. The number of furan rings is 1. The third-order valence-electron chi connectivity index (χ3n) is 1.98. The van der Waals surface area contributed by atoms with Gasteiger partial charge in [-0.05, 0) is 12.0 Å². The molecule has 1 N–H and O–H groups in total. The van der Waals surface area contributed by atoms with Gasteiger partial charge in [-0.15, -0.1) is 11.3 Å². The molecule has 0 aliphatic carbocycles. The van der Waals surface area contributed by atoms with E-state index >= 15 is 0 Å². The van der Waals surface area contributed by atoms with Crippen molar-refractivity contribution in [3.8, 4) is 11.3 Å². The highest BCUT2D eigenvalue weighted by Gasteiger charge is 2.05. The second-order valence-electron chi connectivity index (χ2n) is 3.82. The van der Waals surface area contributed by atoms with Gasteiger partial charge in [0.25, 0.3) is 0 Å². The number of thiazole rings is 1. The topological polar surface area (TPSA) is 38.1 Å². The number of rotatable bonds is 4. The minimum absolute atomic E-state index is 0.631. The third kappa shape index (κ3) is 2.59. The van der Waals surface area contributed by atoms with Crippen molar-refractivity contribution >= 4 is 16.5 Å². The average Bonchev–Trinajstić information content (AvgIpc) is 2.85. The molecule has 0 radical (unpaired) electrons. The Bertz CT molecular complexity index is 406. The monoisotopic (exact) mass is 222 g/mol. The van der Waals surface area contributed by atoms with Crippen LogP contribution in [0.1, 0.15) is 13.8 Å². The molecule has 2 rings (SSSR count). The molecule has 0 unspecified atom stereocenters. The van der Waals surface area contributed by atoms with Gasteiger partial charge in [-0.2, -0.15) is 0 Å². The van der Waals surface area contributed by atoms with Gasteiger partial charge in [-0.1, -0.05) is 13.8 Å². The molecule has 0 aliphatic heterocycles. The number of hydrogen-bond acceptors (Lipinski definition) is 4. The SMILES string of the molecule is CC(C)CNc1nc(-c2ccoc2)cs1. The van der Waals surface area contributed by atoms with Crippen LogP contribution in [-0.2, 0) is 0 Å². The fourth-order valence-corrected chi connectivity index (χ4v) is 1.92. The number of nitrogens with one attached hydrogen (secondary N) is 1. The van der Waals surface area contributed by atoms with Gasteiger partial charge in [0, 0.05) is 17.5 Å². The number of hydrogen-bond donors (Lipinski definition) is 1. The molecule has 4 heteroatoms. The Hall–Kier alpha value is -1.29. The second kappa shape index (κ2) is 4.49. The molecule has 3 nitrogen and oxygen atoms in total. The molecule has 0 bridgehead atoms. The van der Waals surface area contributed by atoms with Crippen LogP contribution in [0, 0.1) is 5.92 Å². The van der Waals surface area contributed by atoms with Gasteiger partial charge in [0.1, 0.15) is 0 Å². The zero-order valence-corrected chi connectivity index (χ0v) is 9.67. The molecule has 0 fully saturated rings. The van der Waals surface area contributed by atoms with Crippen LogP contribution in [-0.4, -0.2) is 11.5 Å². The van der Waals surface area contributed by atoms with Crippen molar-refractivity contribution in [3.63, 3.8) is 0 Å². The van der Waals surface area contributed by atoms with Gasteiger partial charge in [0.2, 0.25) is 0 Å². The maximum Gasteiger partial charge on any atom is 0.183 e. The van der Waals surface area contributed by atoms with E-state index in [1.807, 2.05) is 11.4 Å². The van der Waals surface area contributed by atoms with Crippen LogP contribution in [0.2, 0.25) is 0 Å². The largest absolute Gasteiger partial charge is 0.472 e. The molecule has 0 amide bonds. The lowest BCUT2D eigenvalue weighted by molar-refractivity contribution is 0.568. The zero-order valence-electron chi connectivity index (χ0n) is 8.86. The van der Waals surface area contributed by atoms with E-state index in [9.17, 15) is 0 Å². The fraction of sp³-hybridized carbons (Fsp3) is 0.364. The molecule has 0 saturated heterocycles. The third-order valence-corrected chi connectivity index (χ3v) is 2.78. The van der Waals surface area contributed by atoms with Crippen LogP contribution >= 0.6 is 11.3 Å². The van der Waals surface area contributed by atoms with Crippen molar-refractivity contribution in [2.75, 3.05) is 11.9 Å². The van der Waals surface area contributed by atoms with E-state index < -0.39 is 0 Å². The van der Waals surface area contributed by atoms with E-state index in [1.165, 1.54) is 0 Å². The number of anilines is 1. The van der Waals surface area contributed by atoms with Crippen LogP contribution in [0.15, 0.2) is 28.4 Å². The van der Waals surface area contributed by atoms with Crippen molar-refractivity contribution in [1.29, 1.82) is 0 Å². The minimum Gasteiger partial charge on any atom is -0.472 e. The first-order valence-electron chi connectivity index (χ1n) is 4.97. The predicted molar refractivity (Wildman–Crippen MR) is 63.1 cm³/mol. The van der Waals surface area contributed by atoms with Crippen LogP contribution in [0.25, 0.3) is 11.3 Å². The molecule has 0 aromatic carbocycles. The summed E-state index contributed by atoms with van der Waals surface area (Å²) >= 11 is 1.63. The van der Waals surface area contributed by atoms with E-state index in [2.05, 4.69) is 24.1 Å². The van der Waals surface area contributed by atoms with Gasteiger partial charge in [0.05, 0.1) is 18.2 Å². The molecular weight excluding hydrogens is 208 g/mol. The summed E-state index contributed by atoms with van der Waals surface area (Å²) in [6, 6.07) is 1.92. The highest BCUT2D eigenvalue weighted by Crippen LogP contribution is 2.24. The number of nitrogens with zero attached hydrogens (tertiary/aromatic N) is 1. The summed E-state index contributed by atoms with van der Waals surface area (Å²) in [6.07, 6.45) is 3.37. The smallest absolute Gasteiger partial charge is 0.183 e. The maximum absolute atomic E-state index is 5.02. The molecule has 80 valence electrons. The summed E-state index contributed by atoms with van der Waals surface area (Å²) in [5, 5.41) is 6.31. The Balaban J connectivity index is 2.04. The molecule has 0 aliphatic rings. The number of aromatic nitrogens is 1. The van der Waals surface area contributed by atoms with Crippen molar-refractivity contribution in [1.82, 2.24) is 4.98 Å². The summed E-state index contributed by atoms with van der Waals surface area (Å²) in [6.45, 7) is 5.31. The van der Waals surface area contributed by atoms with Crippen LogP contribution in [0.5, 0.6) is 0 Å². The molecule has 0 spiro atoms. The summed E-state index contributed by atoms with van der Waals surface area (Å²) in [5.74, 6) is 0.631. The lowest BCUT2D eigenvalue weighted by Crippen LogP contribution is -2.07. The van der Waals surface area contributed by atoms with Gasteiger partial charge in [-0.25, -0.2) is 4.98 Å². The van der Waals surface area contributed by atoms with Crippen LogP contribution in [0.3, 0.4) is 0 Å². The first-order valence-corrected chi connectivity index (χ1v) is 5.85. The maximum atomic E-state index is 5.02. The van der Waals surface area contributed by atoms with Crippen molar-refractivity contribution in [3.05, 3.63) is 24.0 Å². The van der Waals surface area contributed by atoms with Crippen molar-refractivity contribution < 1.29 is 4.42 Å². The standard InChI is InChI=1S/C11H14N2OS/c1-8(2)5-12-11-13-10(7-15-11)9-3-4-14-6-9/h3-4,6-8H,5H2,1-2H3,(H,12,13). The normalized spacial score (nSPS) is 10.9. The van der Waals surface area contributed by atoms with Crippen LogP contribution in [0.4, 0.5) is 5.13 Å². The van der Waals surface area contributed by atoms with E-state index in [1.54, 1.807) is 23.9 Å². The summed E-state index contributed by atoms with van der Waals surface area (Å²) in [5.41, 5.74) is 2.00. The van der Waals surface area contributed by atoms with Crippen molar-refractivity contribution in [2.24, 2.45) is 5.92 Å². The Kier molecular flexibility index (Phi) is 3.06. The second-order valence-corrected chi connectivity index (χ2v) is 4.68. The van der Waals surface area contributed by atoms with E-state index in [0.29, 0.717) is 5.92 Å². The molecular formula is C11H14N2OS. The Morgan fingerprint density at radius 2 is 2.40 bits per heavy atom. The van der Waals surface area contributed by atoms with E-state index in [0.717, 1.165) is 22.9 Å². The van der Waals surface area contributed by atoms with Gasteiger partial charge >= 0.3 is 0 Å². The Labute approximate surface area is 93.2 Å². The van der Waals surface area contributed by atoms with Crippen LogP contribution < -0.4 is 5.32 Å². The zero-order chi connectivity index (χ0) is 10.7. The highest BCUT2D eigenvalue weighted by molar-refractivity contribution is 7.14.